The first-order valence-electron chi connectivity index (χ1n) is 6.90. The van der Waals surface area contributed by atoms with Crippen LogP contribution in [0.2, 0.25) is 0 Å². The third-order valence-electron chi connectivity index (χ3n) is 4.00. The summed E-state index contributed by atoms with van der Waals surface area (Å²) in [4.78, 5) is 4.46. The summed E-state index contributed by atoms with van der Waals surface area (Å²) in [5, 5.41) is 3.50. The number of hydrogen-bond acceptors (Lipinski definition) is 2. The average molecular weight is 235 g/mol. The molecule has 0 bridgehead atoms. The second-order valence-corrected chi connectivity index (χ2v) is 5.53. The minimum Gasteiger partial charge on any atom is -0.333 e. The molecule has 1 atom stereocenters. The standard InChI is InChI=1S/C14H25N3/c1-11(2)14-16-8-9-17(14)10-13(15-3)12-6-4-5-7-12/h8-9,11-13,15H,4-7,10H2,1-3H3. The molecule has 0 spiro atoms. The number of aromatic nitrogens is 2. The molecule has 1 saturated carbocycles. The van der Waals surface area contributed by atoms with Crippen LogP contribution in [0.15, 0.2) is 12.4 Å². The second-order valence-electron chi connectivity index (χ2n) is 5.53. The summed E-state index contributed by atoms with van der Waals surface area (Å²) in [5.74, 6) is 2.57. The lowest BCUT2D eigenvalue weighted by Gasteiger charge is -2.24. The van der Waals surface area contributed by atoms with Crippen LogP contribution in [-0.2, 0) is 6.54 Å². The number of nitrogens with zero attached hydrogens (tertiary/aromatic N) is 2. The van der Waals surface area contributed by atoms with E-state index in [-0.39, 0.29) is 0 Å². The van der Waals surface area contributed by atoms with E-state index in [9.17, 15) is 0 Å². The number of hydrogen-bond donors (Lipinski definition) is 1. The van der Waals surface area contributed by atoms with Crippen molar-refractivity contribution in [2.24, 2.45) is 5.92 Å². The van der Waals surface area contributed by atoms with E-state index in [2.05, 4.69) is 42.0 Å². The summed E-state index contributed by atoms with van der Waals surface area (Å²) in [6, 6.07) is 0.601. The van der Waals surface area contributed by atoms with Crippen molar-refractivity contribution in [1.29, 1.82) is 0 Å². The minimum absolute atomic E-state index is 0.506. The van der Waals surface area contributed by atoms with Gasteiger partial charge in [-0.1, -0.05) is 26.7 Å². The minimum atomic E-state index is 0.506. The summed E-state index contributed by atoms with van der Waals surface area (Å²) < 4.78 is 2.32. The van der Waals surface area contributed by atoms with E-state index >= 15 is 0 Å². The molecule has 2 rings (SSSR count). The Labute approximate surface area is 105 Å². The first kappa shape index (κ1) is 12.6. The molecule has 0 aliphatic heterocycles. The fourth-order valence-corrected chi connectivity index (χ4v) is 3.02. The van der Waals surface area contributed by atoms with Gasteiger partial charge in [0.25, 0.3) is 0 Å². The van der Waals surface area contributed by atoms with Crippen molar-refractivity contribution in [1.82, 2.24) is 14.9 Å². The monoisotopic (exact) mass is 235 g/mol. The predicted octanol–water partition coefficient (Wildman–Crippen LogP) is 2.78. The maximum absolute atomic E-state index is 4.46. The highest BCUT2D eigenvalue weighted by Gasteiger charge is 2.24. The topological polar surface area (TPSA) is 29.9 Å². The van der Waals surface area contributed by atoms with E-state index in [0.29, 0.717) is 12.0 Å². The van der Waals surface area contributed by atoms with Gasteiger partial charge in [0.2, 0.25) is 0 Å². The van der Waals surface area contributed by atoms with Gasteiger partial charge in [0.15, 0.2) is 0 Å². The predicted molar refractivity (Wildman–Crippen MR) is 71.1 cm³/mol. The van der Waals surface area contributed by atoms with Gasteiger partial charge in [-0.2, -0.15) is 0 Å². The molecule has 1 fully saturated rings. The molecule has 1 unspecified atom stereocenters. The number of imidazole rings is 1. The average Bonchev–Trinajstić information content (AvgIpc) is 2.96. The Morgan fingerprint density at radius 1 is 1.41 bits per heavy atom. The van der Waals surface area contributed by atoms with E-state index in [4.69, 9.17) is 0 Å². The lowest BCUT2D eigenvalue weighted by atomic mass is 9.98. The molecule has 0 saturated heterocycles. The zero-order valence-corrected chi connectivity index (χ0v) is 11.3. The summed E-state index contributed by atoms with van der Waals surface area (Å²) in [6.07, 6.45) is 9.63. The van der Waals surface area contributed by atoms with Gasteiger partial charge in [0.05, 0.1) is 0 Å². The molecular weight excluding hydrogens is 210 g/mol. The van der Waals surface area contributed by atoms with Gasteiger partial charge < -0.3 is 9.88 Å². The first-order valence-corrected chi connectivity index (χ1v) is 6.90. The number of rotatable bonds is 5. The van der Waals surface area contributed by atoms with Crippen molar-refractivity contribution in [3.8, 4) is 0 Å². The molecule has 1 aromatic heterocycles. The lowest BCUT2D eigenvalue weighted by Crippen LogP contribution is -2.36. The third kappa shape index (κ3) is 2.89. The first-order chi connectivity index (χ1) is 8.22. The van der Waals surface area contributed by atoms with Crippen molar-refractivity contribution >= 4 is 0 Å². The van der Waals surface area contributed by atoms with Crippen LogP contribution in [0.4, 0.5) is 0 Å². The van der Waals surface area contributed by atoms with Crippen LogP contribution in [0.1, 0.15) is 51.3 Å². The Kier molecular flexibility index (Phi) is 4.21. The summed E-state index contributed by atoms with van der Waals surface area (Å²) in [7, 11) is 2.09. The Bertz CT molecular complexity index is 337. The van der Waals surface area contributed by atoms with E-state index in [1.807, 2.05) is 6.20 Å². The fraction of sp³-hybridized carbons (Fsp3) is 0.786. The van der Waals surface area contributed by atoms with Crippen molar-refractivity contribution in [3.63, 3.8) is 0 Å². The van der Waals surface area contributed by atoms with Crippen molar-refractivity contribution in [2.75, 3.05) is 7.05 Å². The van der Waals surface area contributed by atoms with Gasteiger partial charge in [-0.05, 0) is 25.8 Å². The molecule has 3 heteroatoms. The van der Waals surface area contributed by atoms with Crippen LogP contribution in [-0.4, -0.2) is 22.6 Å². The van der Waals surface area contributed by atoms with Crippen molar-refractivity contribution in [3.05, 3.63) is 18.2 Å². The SMILES string of the molecule is CNC(Cn1ccnc1C(C)C)C1CCCC1. The summed E-state index contributed by atoms with van der Waals surface area (Å²) >= 11 is 0. The van der Waals surface area contributed by atoms with Crippen LogP contribution < -0.4 is 5.32 Å². The Hall–Kier alpha value is -0.830. The van der Waals surface area contributed by atoms with Gasteiger partial charge in [-0.3, -0.25) is 0 Å². The lowest BCUT2D eigenvalue weighted by molar-refractivity contribution is 0.335. The normalized spacial score (nSPS) is 19.1. The Morgan fingerprint density at radius 2 is 2.12 bits per heavy atom. The second kappa shape index (κ2) is 5.67. The maximum atomic E-state index is 4.46. The van der Waals surface area contributed by atoms with Gasteiger partial charge in [-0.15, -0.1) is 0 Å². The molecule has 0 amide bonds. The van der Waals surface area contributed by atoms with Crippen molar-refractivity contribution < 1.29 is 0 Å². The molecule has 1 heterocycles. The van der Waals surface area contributed by atoms with E-state index < -0.39 is 0 Å². The fourth-order valence-electron chi connectivity index (χ4n) is 3.02. The van der Waals surface area contributed by atoms with Crippen LogP contribution in [0.3, 0.4) is 0 Å². The quantitative estimate of drug-likeness (QED) is 0.850. The largest absolute Gasteiger partial charge is 0.333 e. The molecule has 1 aromatic rings. The van der Waals surface area contributed by atoms with E-state index in [1.165, 1.54) is 31.5 Å². The molecule has 1 aliphatic rings. The molecular formula is C14H25N3. The maximum Gasteiger partial charge on any atom is 0.111 e. The van der Waals surface area contributed by atoms with Gasteiger partial charge in [0.1, 0.15) is 5.82 Å². The zero-order valence-electron chi connectivity index (χ0n) is 11.3. The molecule has 17 heavy (non-hydrogen) atoms. The molecule has 1 aliphatic carbocycles. The number of likely N-dealkylation sites (N-methyl/N-ethyl adjacent to an activating group) is 1. The summed E-state index contributed by atoms with van der Waals surface area (Å²) in [5.41, 5.74) is 0. The van der Waals surface area contributed by atoms with E-state index in [1.54, 1.807) is 0 Å². The van der Waals surface area contributed by atoms with Gasteiger partial charge in [-0.25, -0.2) is 4.98 Å². The van der Waals surface area contributed by atoms with Crippen molar-refractivity contribution in [2.45, 2.75) is 58.0 Å². The molecule has 1 N–H and O–H groups in total. The molecule has 0 aromatic carbocycles. The Morgan fingerprint density at radius 3 is 2.71 bits per heavy atom. The molecule has 96 valence electrons. The smallest absolute Gasteiger partial charge is 0.111 e. The van der Waals surface area contributed by atoms with Crippen LogP contribution in [0, 0.1) is 5.92 Å². The highest BCUT2D eigenvalue weighted by atomic mass is 15.1. The Balaban J connectivity index is 2.04. The molecule has 3 nitrogen and oxygen atoms in total. The highest BCUT2D eigenvalue weighted by Crippen LogP contribution is 2.28. The van der Waals surface area contributed by atoms with Gasteiger partial charge >= 0.3 is 0 Å². The molecule has 0 radical (unpaired) electrons. The van der Waals surface area contributed by atoms with Crippen LogP contribution in [0.25, 0.3) is 0 Å². The van der Waals surface area contributed by atoms with E-state index in [0.717, 1.165) is 12.5 Å². The third-order valence-corrected chi connectivity index (χ3v) is 4.00. The number of nitrogens with one attached hydrogen (secondary N) is 1. The van der Waals surface area contributed by atoms with Crippen LogP contribution >= 0.6 is 0 Å². The van der Waals surface area contributed by atoms with Gasteiger partial charge in [0, 0.05) is 30.9 Å². The highest BCUT2D eigenvalue weighted by molar-refractivity contribution is 4.98. The zero-order chi connectivity index (χ0) is 12.3. The summed E-state index contributed by atoms with van der Waals surface area (Å²) in [6.45, 7) is 5.49. The van der Waals surface area contributed by atoms with Crippen LogP contribution in [0.5, 0.6) is 0 Å².